The molecule has 3 atom stereocenters. The van der Waals surface area contributed by atoms with E-state index >= 15 is 0 Å². The van der Waals surface area contributed by atoms with Crippen molar-refractivity contribution in [3.05, 3.63) is 31.5 Å². The molecular formula is C10H13BrN2O4. The van der Waals surface area contributed by atoms with E-state index in [4.69, 9.17) is 4.74 Å². The minimum absolute atomic E-state index is 0.0624. The van der Waals surface area contributed by atoms with Crippen LogP contribution in [0.3, 0.4) is 0 Å². The van der Waals surface area contributed by atoms with Crippen LogP contribution in [0.4, 0.5) is 0 Å². The van der Waals surface area contributed by atoms with Crippen LogP contribution in [-0.4, -0.2) is 26.9 Å². The van der Waals surface area contributed by atoms with Crippen LogP contribution >= 0.6 is 15.9 Å². The number of rotatable bonds is 2. The maximum absolute atomic E-state index is 11.6. The fourth-order valence-corrected chi connectivity index (χ4v) is 2.21. The Hall–Kier alpha value is -0.920. The highest BCUT2D eigenvalue weighted by Gasteiger charge is 2.34. The van der Waals surface area contributed by atoms with E-state index in [1.807, 2.05) is 6.92 Å². The van der Waals surface area contributed by atoms with Crippen molar-refractivity contribution in [2.24, 2.45) is 0 Å². The average molecular weight is 305 g/mol. The molecule has 0 spiro atoms. The summed E-state index contributed by atoms with van der Waals surface area (Å²) >= 11 is 3.04. The zero-order valence-corrected chi connectivity index (χ0v) is 10.8. The molecule has 0 radical (unpaired) electrons. The lowest BCUT2D eigenvalue weighted by Gasteiger charge is -2.17. The fourth-order valence-electron chi connectivity index (χ4n) is 1.89. The normalized spacial score (nSPS) is 28.5. The minimum atomic E-state index is -0.740. The first-order valence-electron chi connectivity index (χ1n) is 5.37. The lowest BCUT2D eigenvalue weighted by molar-refractivity contribution is -0.0405. The van der Waals surface area contributed by atoms with Crippen molar-refractivity contribution in [3.63, 3.8) is 0 Å². The third kappa shape index (κ3) is 2.36. The van der Waals surface area contributed by atoms with Gasteiger partial charge >= 0.3 is 5.69 Å². The topological polar surface area (TPSA) is 84.3 Å². The fraction of sp³-hybridized carbons (Fsp3) is 0.600. The molecule has 0 unspecified atom stereocenters. The highest BCUT2D eigenvalue weighted by atomic mass is 79.9. The summed E-state index contributed by atoms with van der Waals surface area (Å²) in [6, 6.07) is 0. The Kier molecular flexibility index (Phi) is 3.50. The quantitative estimate of drug-likeness (QED) is 0.826. The molecule has 1 saturated heterocycles. The third-order valence-electron chi connectivity index (χ3n) is 2.82. The Morgan fingerprint density at radius 1 is 1.65 bits per heavy atom. The van der Waals surface area contributed by atoms with Gasteiger partial charge < -0.3 is 9.84 Å². The summed E-state index contributed by atoms with van der Waals surface area (Å²) in [6.45, 7) is 1.95. The van der Waals surface area contributed by atoms with Gasteiger partial charge in [0, 0.05) is 12.6 Å². The maximum Gasteiger partial charge on any atom is 0.330 e. The van der Waals surface area contributed by atoms with E-state index in [-0.39, 0.29) is 10.6 Å². The molecule has 2 N–H and O–H groups in total. The van der Waals surface area contributed by atoms with Gasteiger partial charge in [-0.25, -0.2) is 4.79 Å². The third-order valence-corrected chi connectivity index (χ3v) is 3.38. The number of aromatic nitrogens is 2. The van der Waals surface area contributed by atoms with Crippen molar-refractivity contribution < 1.29 is 9.84 Å². The molecule has 2 rings (SSSR count). The Bertz CT molecular complexity index is 524. The van der Waals surface area contributed by atoms with Gasteiger partial charge in [-0.15, -0.1) is 0 Å². The van der Waals surface area contributed by atoms with Crippen molar-refractivity contribution >= 4 is 15.9 Å². The number of nitrogens with zero attached hydrogens (tertiary/aromatic N) is 1. The van der Waals surface area contributed by atoms with Crippen molar-refractivity contribution in [1.29, 1.82) is 0 Å². The number of aromatic amines is 1. The lowest BCUT2D eigenvalue weighted by Crippen LogP contribution is -2.35. The lowest BCUT2D eigenvalue weighted by atomic mass is 10.1. The van der Waals surface area contributed by atoms with Gasteiger partial charge in [0.15, 0.2) is 6.23 Å². The van der Waals surface area contributed by atoms with Crippen molar-refractivity contribution in [1.82, 2.24) is 9.55 Å². The number of hydrogen-bond acceptors (Lipinski definition) is 4. The first-order valence-corrected chi connectivity index (χ1v) is 6.16. The van der Waals surface area contributed by atoms with Crippen LogP contribution in [0, 0.1) is 0 Å². The number of hydrogen-bond donors (Lipinski definition) is 2. The van der Waals surface area contributed by atoms with E-state index in [0.717, 1.165) is 6.42 Å². The van der Waals surface area contributed by atoms with Crippen molar-refractivity contribution in [2.75, 3.05) is 0 Å². The van der Waals surface area contributed by atoms with Gasteiger partial charge in [0.1, 0.15) is 6.10 Å². The van der Waals surface area contributed by atoms with E-state index in [9.17, 15) is 14.7 Å². The molecule has 0 aromatic carbocycles. The smallest absolute Gasteiger partial charge is 0.330 e. The number of H-pyrrole nitrogens is 1. The summed E-state index contributed by atoms with van der Waals surface area (Å²) in [6.07, 6.45) is 1.06. The first-order chi connectivity index (χ1) is 8.02. The second-order valence-electron chi connectivity index (χ2n) is 4.00. The minimum Gasteiger partial charge on any atom is -0.388 e. The second kappa shape index (κ2) is 4.75. The predicted molar refractivity (Wildman–Crippen MR) is 63.8 cm³/mol. The van der Waals surface area contributed by atoms with Crippen LogP contribution in [0.5, 0.6) is 0 Å². The Morgan fingerprint density at radius 3 is 2.94 bits per heavy atom. The number of ether oxygens (including phenoxy) is 1. The summed E-state index contributed by atoms with van der Waals surface area (Å²) in [5.41, 5.74) is -1.08. The standard InChI is InChI=1S/C10H13BrN2O4/c1-2-5-3-7(14)9(17-5)13-4-6(11)8(15)12-10(13)16/h4-5,7,9,14H,2-3H2,1H3,(H,12,15,16)/t5-,7-,9-/m1/s1. The summed E-state index contributed by atoms with van der Waals surface area (Å²) in [4.78, 5) is 25.0. The van der Waals surface area contributed by atoms with E-state index < -0.39 is 23.6 Å². The number of halogens is 1. The largest absolute Gasteiger partial charge is 0.388 e. The second-order valence-corrected chi connectivity index (χ2v) is 4.86. The highest BCUT2D eigenvalue weighted by molar-refractivity contribution is 9.10. The number of aliphatic hydroxyl groups is 1. The van der Waals surface area contributed by atoms with Crippen LogP contribution in [0.1, 0.15) is 26.0 Å². The molecule has 6 nitrogen and oxygen atoms in total. The first kappa shape index (κ1) is 12.5. The van der Waals surface area contributed by atoms with Gasteiger partial charge in [0.05, 0.1) is 10.6 Å². The molecule has 0 bridgehead atoms. The summed E-state index contributed by atoms with van der Waals surface area (Å²) in [7, 11) is 0. The van der Waals surface area contributed by atoms with E-state index in [1.165, 1.54) is 10.8 Å². The predicted octanol–water partition coefficient (Wildman–Crippen LogP) is 0.357. The zero-order chi connectivity index (χ0) is 12.6. The van der Waals surface area contributed by atoms with Gasteiger partial charge in [-0.1, -0.05) is 6.92 Å². The zero-order valence-electron chi connectivity index (χ0n) is 9.22. The van der Waals surface area contributed by atoms with Crippen molar-refractivity contribution in [3.8, 4) is 0 Å². The highest BCUT2D eigenvalue weighted by Crippen LogP contribution is 2.29. The summed E-state index contributed by atoms with van der Waals surface area (Å²) in [5, 5.41) is 9.84. The molecule has 1 fully saturated rings. The maximum atomic E-state index is 11.6. The van der Waals surface area contributed by atoms with E-state index in [0.29, 0.717) is 6.42 Å². The SMILES string of the molecule is CC[C@@H]1C[C@@H](O)[C@H](n2cc(Br)c(=O)[nH]c2=O)O1. The van der Waals surface area contributed by atoms with Gasteiger partial charge in [-0.2, -0.15) is 0 Å². The van der Waals surface area contributed by atoms with Crippen molar-refractivity contribution in [2.45, 2.75) is 38.2 Å². The molecule has 1 aliphatic rings. The summed E-state index contributed by atoms with van der Waals surface area (Å²) in [5.74, 6) is 0. The van der Waals surface area contributed by atoms with Gasteiger partial charge in [0.25, 0.3) is 5.56 Å². The Labute approximate surface area is 105 Å². The molecule has 1 aromatic heterocycles. The molecule has 2 heterocycles. The van der Waals surface area contributed by atoms with Gasteiger partial charge in [0.2, 0.25) is 0 Å². The Morgan fingerprint density at radius 2 is 2.35 bits per heavy atom. The molecule has 7 heteroatoms. The molecule has 0 aliphatic carbocycles. The molecule has 1 aromatic rings. The number of aliphatic hydroxyl groups excluding tert-OH is 1. The molecule has 17 heavy (non-hydrogen) atoms. The number of nitrogens with one attached hydrogen (secondary N) is 1. The monoisotopic (exact) mass is 304 g/mol. The molecular weight excluding hydrogens is 292 g/mol. The molecule has 0 saturated carbocycles. The van der Waals surface area contributed by atoms with Gasteiger partial charge in [-0.05, 0) is 22.4 Å². The van der Waals surface area contributed by atoms with E-state index in [1.54, 1.807) is 0 Å². The molecule has 0 amide bonds. The van der Waals surface area contributed by atoms with Crippen LogP contribution in [-0.2, 0) is 4.74 Å². The van der Waals surface area contributed by atoms with Crippen LogP contribution < -0.4 is 11.2 Å². The van der Waals surface area contributed by atoms with E-state index in [2.05, 4.69) is 20.9 Å². The molecule has 94 valence electrons. The van der Waals surface area contributed by atoms with Crippen LogP contribution in [0.2, 0.25) is 0 Å². The average Bonchev–Trinajstić information content (AvgIpc) is 2.65. The van der Waals surface area contributed by atoms with Gasteiger partial charge in [-0.3, -0.25) is 14.3 Å². The Balaban J connectivity index is 2.38. The molecule has 1 aliphatic heterocycles. The van der Waals surface area contributed by atoms with Crippen LogP contribution in [0.15, 0.2) is 20.3 Å². The van der Waals surface area contributed by atoms with Crippen LogP contribution in [0.25, 0.3) is 0 Å². The summed E-state index contributed by atoms with van der Waals surface area (Å²) < 4.78 is 6.98.